The normalized spacial score (nSPS) is 10.3. The highest BCUT2D eigenvalue weighted by atomic mass is 16.2. The van der Waals surface area contributed by atoms with Crippen molar-refractivity contribution in [3.63, 3.8) is 0 Å². The van der Waals surface area contributed by atoms with Crippen LogP contribution in [0.5, 0.6) is 0 Å². The van der Waals surface area contributed by atoms with Crippen LogP contribution >= 0.6 is 0 Å². The Kier molecular flexibility index (Phi) is 3.69. The number of aromatic nitrogens is 3. The summed E-state index contributed by atoms with van der Waals surface area (Å²) in [4.78, 5) is 21.8. The fourth-order valence-corrected chi connectivity index (χ4v) is 1.57. The van der Waals surface area contributed by atoms with Crippen LogP contribution in [0.4, 0.5) is 5.82 Å². The lowest BCUT2D eigenvalue weighted by atomic mass is 10.3. The van der Waals surface area contributed by atoms with Crippen molar-refractivity contribution in [3.05, 3.63) is 42.6 Å². The number of pyridine rings is 1. The number of imidazole rings is 1. The second-order valence-corrected chi connectivity index (χ2v) is 3.84. The number of amides is 1. The molecule has 0 aromatic carbocycles. The second-order valence-electron chi connectivity index (χ2n) is 3.84. The van der Waals surface area contributed by atoms with Crippen LogP contribution in [0, 0.1) is 0 Å². The van der Waals surface area contributed by atoms with Crippen LogP contribution in [-0.4, -0.2) is 34.0 Å². The van der Waals surface area contributed by atoms with Crippen LogP contribution in [0.1, 0.15) is 10.5 Å². The minimum absolute atomic E-state index is 0.190. The number of hydrogen-bond acceptors (Lipinski definition) is 4. The van der Waals surface area contributed by atoms with Gasteiger partial charge in [0.05, 0.1) is 6.33 Å². The molecule has 0 unspecified atom stereocenters. The van der Waals surface area contributed by atoms with E-state index in [1.165, 1.54) is 4.90 Å². The molecule has 6 nitrogen and oxygen atoms in total. The van der Waals surface area contributed by atoms with Crippen molar-refractivity contribution in [2.24, 2.45) is 5.73 Å². The van der Waals surface area contributed by atoms with Gasteiger partial charge in [-0.25, -0.2) is 9.97 Å². The lowest BCUT2D eigenvalue weighted by Gasteiger charge is -2.14. The molecule has 6 heteroatoms. The van der Waals surface area contributed by atoms with Gasteiger partial charge in [0, 0.05) is 32.5 Å². The Morgan fingerprint density at radius 3 is 2.94 bits per heavy atom. The highest BCUT2D eigenvalue weighted by Crippen LogP contribution is 2.10. The first-order valence-electron chi connectivity index (χ1n) is 5.63. The van der Waals surface area contributed by atoms with E-state index in [1.54, 1.807) is 42.5 Å². The molecule has 0 aliphatic rings. The predicted octanol–water partition coefficient (Wildman–Crippen LogP) is 0.513. The molecule has 1 amide bonds. The summed E-state index contributed by atoms with van der Waals surface area (Å²) in [5, 5.41) is 0. The number of anilines is 1. The van der Waals surface area contributed by atoms with Gasteiger partial charge in [0.25, 0.3) is 5.91 Å². The molecule has 0 aliphatic heterocycles. The molecule has 0 aliphatic carbocycles. The number of carbonyl (C=O) groups excluding carboxylic acids is 1. The monoisotopic (exact) mass is 245 g/mol. The van der Waals surface area contributed by atoms with Gasteiger partial charge in [0.1, 0.15) is 11.5 Å². The molecule has 2 rings (SSSR count). The van der Waals surface area contributed by atoms with Gasteiger partial charge < -0.3 is 10.3 Å². The smallest absolute Gasteiger partial charge is 0.279 e. The van der Waals surface area contributed by atoms with Crippen molar-refractivity contribution in [2.45, 2.75) is 6.54 Å². The molecule has 0 atom stereocenters. The van der Waals surface area contributed by atoms with E-state index in [9.17, 15) is 4.79 Å². The summed E-state index contributed by atoms with van der Waals surface area (Å²) in [5.74, 6) is 0.403. The SMILES string of the molecule is CN(C(=O)c1cn(CCN)cn1)c1ccccn1. The molecule has 0 bridgehead atoms. The highest BCUT2D eigenvalue weighted by molar-refractivity contribution is 6.03. The molecule has 0 radical (unpaired) electrons. The zero-order chi connectivity index (χ0) is 13.0. The maximum absolute atomic E-state index is 12.1. The Morgan fingerprint density at radius 2 is 2.28 bits per heavy atom. The van der Waals surface area contributed by atoms with E-state index in [0.717, 1.165) is 0 Å². The van der Waals surface area contributed by atoms with Gasteiger partial charge in [0.2, 0.25) is 0 Å². The summed E-state index contributed by atoms with van der Waals surface area (Å²) >= 11 is 0. The van der Waals surface area contributed by atoms with E-state index in [0.29, 0.717) is 24.6 Å². The molecular formula is C12H15N5O. The zero-order valence-corrected chi connectivity index (χ0v) is 10.2. The largest absolute Gasteiger partial charge is 0.335 e. The van der Waals surface area contributed by atoms with Gasteiger partial charge in [-0.2, -0.15) is 0 Å². The lowest BCUT2D eigenvalue weighted by molar-refractivity contribution is 0.0988. The van der Waals surface area contributed by atoms with Crippen molar-refractivity contribution in [1.82, 2.24) is 14.5 Å². The number of nitrogens with zero attached hydrogens (tertiary/aromatic N) is 4. The van der Waals surface area contributed by atoms with Gasteiger partial charge >= 0.3 is 0 Å². The van der Waals surface area contributed by atoms with Gasteiger partial charge in [-0.1, -0.05) is 6.07 Å². The fourth-order valence-electron chi connectivity index (χ4n) is 1.57. The van der Waals surface area contributed by atoms with Crippen molar-refractivity contribution >= 4 is 11.7 Å². The Hall–Kier alpha value is -2.21. The lowest BCUT2D eigenvalue weighted by Crippen LogP contribution is -2.27. The van der Waals surface area contributed by atoms with Crippen molar-refractivity contribution in [1.29, 1.82) is 0 Å². The Labute approximate surface area is 105 Å². The Balaban J connectivity index is 2.15. The molecule has 2 aromatic rings. The van der Waals surface area contributed by atoms with Gasteiger partial charge in [0.15, 0.2) is 0 Å². The number of carbonyl (C=O) groups is 1. The highest BCUT2D eigenvalue weighted by Gasteiger charge is 2.16. The van der Waals surface area contributed by atoms with Crippen LogP contribution in [0.25, 0.3) is 0 Å². The second kappa shape index (κ2) is 5.42. The van der Waals surface area contributed by atoms with E-state index in [1.807, 2.05) is 6.07 Å². The van der Waals surface area contributed by atoms with Crippen LogP contribution in [0.15, 0.2) is 36.9 Å². The molecular weight excluding hydrogens is 230 g/mol. The van der Waals surface area contributed by atoms with E-state index < -0.39 is 0 Å². The maximum Gasteiger partial charge on any atom is 0.279 e. The molecule has 0 spiro atoms. The van der Waals surface area contributed by atoms with Gasteiger partial charge in [-0.3, -0.25) is 9.69 Å². The average molecular weight is 245 g/mol. The molecule has 0 saturated carbocycles. The average Bonchev–Trinajstić information content (AvgIpc) is 2.87. The maximum atomic E-state index is 12.1. The molecule has 2 heterocycles. The third kappa shape index (κ3) is 2.54. The first-order chi connectivity index (χ1) is 8.72. The van der Waals surface area contributed by atoms with Crippen molar-refractivity contribution in [2.75, 3.05) is 18.5 Å². The van der Waals surface area contributed by atoms with E-state index in [-0.39, 0.29) is 5.91 Å². The van der Waals surface area contributed by atoms with Crippen LogP contribution in [-0.2, 0) is 6.54 Å². The molecule has 0 saturated heterocycles. The first-order valence-corrected chi connectivity index (χ1v) is 5.63. The summed E-state index contributed by atoms with van der Waals surface area (Å²) in [5.41, 5.74) is 5.83. The molecule has 2 N–H and O–H groups in total. The zero-order valence-electron chi connectivity index (χ0n) is 10.2. The van der Waals surface area contributed by atoms with Gasteiger partial charge in [-0.05, 0) is 12.1 Å². The standard InChI is InChI=1S/C12H15N5O/c1-16(11-4-2-3-6-14-11)12(18)10-8-17(7-5-13)9-15-10/h2-4,6,8-9H,5,7,13H2,1H3. The fraction of sp³-hybridized carbons (Fsp3) is 0.250. The molecule has 94 valence electrons. The summed E-state index contributed by atoms with van der Waals surface area (Å²) in [6.07, 6.45) is 4.94. The number of hydrogen-bond donors (Lipinski definition) is 1. The number of nitrogens with two attached hydrogens (primary N) is 1. The van der Waals surface area contributed by atoms with E-state index in [2.05, 4.69) is 9.97 Å². The van der Waals surface area contributed by atoms with Crippen molar-refractivity contribution in [3.8, 4) is 0 Å². The Bertz CT molecular complexity index is 522. The van der Waals surface area contributed by atoms with Crippen LogP contribution in [0.3, 0.4) is 0 Å². The van der Waals surface area contributed by atoms with Gasteiger partial charge in [-0.15, -0.1) is 0 Å². The summed E-state index contributed by atoms with van der Waals surface area (Å²) < 4.78 is 1.79. The van der Waals surface area contributed by atoms with Crippen molar-refractivity contribution < 1.29 is 4.79 Å². The van der Waals surface area contributed by atoms with E-state index in [4.69, 9.17) is 5.73 Å². The van der Waals surface area contributed by atoms with E-state index >= 15 is 0 Å². The van der Waals surface area contributed by atoms with Crippen LogP contribution < -0.4 is 10.6 Å². The summed E-state index contributed by atoms with van der Waals surface area (Å²) in [6.45, 7) is 1.16. The predicted molar refractivity (Wildman–Crippen MR) is 68.3 cm³/mol. The third-order valence-electron chi connectivity index (χ3n) is 2.54. The third-order valence-corrected chi connectivity index (χ3v) is 2.54. The minimum Gasteiger partial charge on any atom is -0.335 e. The minimum atomic E-state index is -0.190. The molecule has 18 heavy (non-hydrogen) atoms. The first kappa shape index (κ1) is 12.3. The molecule has 0 fully saturated rings. The summed E-state index contributed by atoms with van der Waals surface area (Å²) in [7, 11) is 1.67. The van der Waals surface area contributed by atoms with Crippen LogP contribution in [0.2, 0.25) is 0 Å². The number of rotatable bonds is 4. The topological polar surface area (TPSA) is 77.0 Å². The Morgan fingerprint density at radius 1 is 1.44 bits per heavy atom. The quantitative estimate of drug-likeness (QED) is 0.851. The summed E-state index contributed by atoms with van der Waals surface area (Å²) in [6, 6.07) is 5.41. The molecule has 2 aromatic heterocycles.